The summed E-state index contributed by atoms with van der Waals surface area (Å²) in [4.78, 5) is 22.7. The third-order valence-corrected chi connectivity index (χ3v) is 6.51. The minimum absolute atomic E-state index is 0.0303. The Labute approximate surface area is 166 Å². The average Bonchev–Trinajstić information content (AvgIpc) is 3.40. The smallest absolute Gasteiger partial charge is 0.309 e. The predicted molar refractivity (Wildman–Crippen MR) is 110 cm³/mol. The molecule has 0 bridgehead atoms. The van der Waals surface area contributed by atoms with Crippen LogP contribution in [0.2, 0.25) is 0 Å². The second-order valence-electron chi connectivity index (χ2n) is 7.22. The van der Waals surface area contributed by atoms with Gasteiger partial charge in [0.1, 0.15) is 0 Å². The second kappa shape index (κ2) is 10.1. The maximum atomic E-state index is 11.9. The number of guanidine groups is 1. The molecule has 0 aliphatic carbocycles. The molecular weight excluding hydrogens is 360 g/mol. The van der Waals surface area contributed by atoms with Gasteiger partial charge in [-0.05, 0) is 57.1 Å². The van der Waals surface area contributed by atoms with E-state index in [-0.39, 0.29) is 11.9 Å². The Balaban J connectivity index is 1.54. The molecule has 7 heteroatoms. The number of aliphatic imine (C=N–C) groups is 1. The lowest BCUT2D eigenvalue weighted by Crippen LogP contribution is -2.48. The van der Waals surface area contributed by atoms with Gasteiger partial charge in [0.05, 0.1) is 18.6 Å². The summed E-state index contributed by atoms with van der Waals surface area (Å²) in [5.74, 6) is 0.924. The summed E-state index contributed by atoms with van der Waals surface area (Å²) in [6.45, 7) is 7.23. The molecule has 3 rings (SSSR count). The molecule has 1 aromatic rings. The maximum Gasteiger partial charge on any atom is 0.309 e. The summed E-state index contributed by atoms with van der Waals surface area (Å²) in [7, 11) is 1.84. The summed E-state index contributed by atoms with van der Waals surface area (Å²) in [5, 5.41) is 5.76. The highest BCUT2D eigenvalue weighted by Crippen LogP contribution is 2.28. The second-order valence-corrected chi connectivity index (χ2v) is 8.20. The van der Waals surface area contributed by atoms with Gasteiger partial charge in [0.2, 0.25) is 0 Å². The SMILES string of the molecule is CCOC(=O)C1CCN(C(=NC)NCC(c2cccs2)N2CCCC2)CC1. The van der Waals surface area contributed by atoms with Crippen molar-refractivity contribution in [3.8, 4) is 0 Å². The average molecular weight is 393 g/mol. The number of hydrogen-bond acceptors (Lipinski definition) is 5. The number of thiophene rings is 1. The molecule has 0 amide bonds. The molecule has 0 saturated carbocycles. The molecule has 2 aliphatic rings. The Kier molecular flexibility index (Phi) is 7.52. The van der Waals surface area contributed by atoms with Crippen molar-refractivity contribution < 1.29 is 9.53 Å². The van der Waals surface area contributed by atoms with Gasteiger partial charge in [0.15, 0.2) is 5.96 Å². The third-order valence-electron chi connectivity index (χ3n) is 5.53. The Morgan fingerprint density at radius 2 is 2.07 bits per heavy atom. The monoisotopic (exact) mass is 392 g/mol. The van der Waals surface area contributed by atoms with Crippen LogP contribution in [-0.4, -0.2) is 68.1 Å². The van der Waals surface area contributed by atoms with Gasteiger partial charge in [-0.1, -0.05) is 6.07 Å². The van der Waals surface area contributed by atoms with Crippen molar-refractivity contribution in [3.05, 3.63) is 22.4 Å². The third kappa shape index (κ3) is 5.23. The molecule has 1 aromatic heterocycles. The zero-order valence-corrected chi connectivity index (χ0v) is 17.3. The van der Waals surface area contributed by atoms with Crippen LogP contribution in [0, 0.1) is 5.92 Å². The maximum absolute atomic E-state index is 11.9. The van der Waals surface area contributed by atoms with E-state index in [4.69, 9.17) is 4.74 Å². The van der Waals surface area contributed by atoms with Gasteiger partial charge in [-0.3, -0.25) is 14.7 Å². The lowest BCUT2D eigenvalue weighted by Gasteiger charge is -2.34. The van der Waals surface area contributed by atoms with Crippen LogP contribution in [0.5, 0.6) is 0 Å². The molecule has 0 aromatic carbocycles. The number of hydrogen-bond donors (Lipinski definition) is 1. The zero-order valence-electron chi connectivity index (χ0n) is 16.5. The summed E-state index contributed by atoms with van der Waals surface area (Å²) >= 11 is 1.83. The molecule has 0 spiro atoms. The van der Waals surface area contributed by atoms with E-state index in [2.05, 4.69) is 37.6 Å². The van der Waals surface area contributed by atoms with Crippen LogP contribution in [-0.2, 0) is 9.53 Å². The first-order valence-electron chi connectivity index (χ1n) is 10.1. The minimum atomic E-state index is -0.0492. The van der Waals surface area contributed by atoms with Crippen LogP contribution in [0.1, 0.15) is 43.5 Å². The number of carbonyl (C=O) groups is 1. The largest absolute Gasteiger partial charge is 0.466 e. The van der Waals surface area contributed by atoms with Gasteiger partial charge < -0.3 is 15.0 Å². The van der Waals surface area contributed by atoms with Gasteiger partial charge in [-0.2, -0.15) is 0 Å². The quantitative estimate of drug-likeness (QED) is 0.458. The fraction of sp³-hybridized carbons (Fsp3) is 0.700. The van der Waals surface area contributed by atoms with Gasteiger partial charge in [0.25, 0.3) is 0 Å². The molecule has 1 N–H and O–H groups in total. The van der Waals surface area contributed by atoms with Gasteiger partial charge in [-0.25, -0.2) is 0 Å². The lowest BCUT2D eigenvalue weighted by molar-refractivity contribution is -0.149. The van der Waals surface area contributed by atoms with E-state index in [1.807, 2.05) is 25.3 Å². The molecular formula is C20H32N4O2S. The van der Waals surface area contributed by atoms with Crippen molar-refractivity contribution in [1.82, 2.24) is 15.1 Å². The molecule has 1 atom stereocenters. The van der Waals surface area contributed by atoms with E-state index in [1.54, 1.807) is 0 Å². The van der Waals surface area contributed by atoms with Crippen LogP contribution in [0.25, 0.3) is 0 Å². The Morgan fingerprint density at radius 1 is 1.33 bits per heavy atom. The zero-order chi connectivity index (χ0) is 19.1. The van der Waals surface area contributed by atoms with E-state index < -0.39 is 0 Å². The minimum Gasteiger partial charge on any atom is -0.466 e. The number of likely N-dealkylation sites (tertiary alicyclic amines) is 2. The summed E-state index contributed by atoms with van der Waals surface area (Å²) < 4.78 is 5.17. The summed E-state index contributed by atoms with van der Waals surface area (Å²) in [6.07, 6.45) is 4.25. The molecule has 6 nitrogen and oxygen atoms in total. The van der Waals surface area contributed by atoms with Crippen molar-refractivity contribution in [2.45, 2.75) is 38.6 Å². The lowest BCUT2D eigenvalue weighted by atomic mass is 9.97. The molecule has 1 unspecified atom stereocenters. The molecule has 2 aliphatic heterocycles. The molecule has 2 saturated heterocycles. The Hall–Kier alpha value is -1.60. The highest BCUT2D eigenvalue weighted by atomic mass is 32.1. The Bertz CT molecular complexity index is 606. The number of piperidine rings is 1. The highest BCUT2D eigenvalue weighted by molar-refractivity contribution is 7.10. The van der Waals surface area contributed by atoms with E-state index in [1.165, 1.54) is 30.8 Å². The van der Waals surface area contributed by atoms with Crippen molar-refractivity contribution in [2.24, 2.45) is 10.9 Å². The molecule has 27 heavy (non-hydrogen) atoms. The van der Waals surface area contributed by atoms with E-state index in [0.717, 1.165) is 38.4 Å². The van der Waals surface area contributed by atoms with E-state index in [0.29, 0.717) is 12.6 Å². The molecule has 3 heterocycles. The highest BCUT2D eigenvalue weighted by Gasteiger charge is 2.29. The molecule has 2 fully saturated rings. The van der Waals surface area contributed by atoms with E-state index >= 15 is 0 Å². The van der Waals surface area contributed by atoms with Crippen LogP contribution in [0.3, 0.4) is 0 Å². The number of carbonyl (C=O) groups excluding carboxylic acids is 1. The van der Waals surface area contributed by atoms with Gasteiger partial charge in [0, 0.05) is 31.6 Å². The number of esters is 1. The molecule has 150 valence electrons. The number of nitrogens with zero attached hydrogens (tertiary/aromatic N) is 3. The number of ether oxygens (including phenoxy) is 1. The Morgan fingerprint density at radius 3 is 2.67 bits per heavy atom. The normalized spacial score (nSPS) is 20.7. The van der Waals surface area contributed by atoms with Crippen molar-refractivity contribution in [2.75, 3.05) is 46.4 Å². The van der Waals surface area contributed by atoms with E-state index in [9.17, 15) is 4.79 Å². The van der Waals surface area contributed by atoms with Crippen LogP contribution < -0.4 is 5.32 Å². The predicted octanol–water partition coefficient (Wildman–Crippen LogP) is 2.74. The summed E-state index contributed by atoms with van der Waals surface area (Å²) in [5.41, 5.74) is 0. The number of rotatable bonds is 6. The van der Waals surface area contributed by atoms with Crippen molar-refractivity contribution >= 4 is 23.3 Å². The fourth-order valence-corrected chi connectivity index (χ4v) is 4.91. The van der Waals surface area contributed by atoms with Crippen LogP contribution >= 0.6 is 11.3 Å². The van der Waals surface area contributed by atoms with Crippen LogP contribution in [0.4, 0.5) is 0 Å². The van der Waals surface area contributed by atoms with Gasteiger partial charge >= 0.3 is 5.97 Å². The van der Waals surface area contributed by atoms with Crippen LogP contribution in [0.15, 0.2) is 22.5 Å². The first-order chi connectivity index (χ1) is 13.2. The summed E-state index contributed by atoms with van der Waals surface area (Å²) in [6, 6.07) is 4.78. The van der Waals surface area contributed by atoms with Gasteiger partial charge in [-0.15, -0.1) is 11.3 Å². The number of nitrogens with one attached hydrogen (secondary N) is 1. The van der Waals surface area contributed by atoms with Crippen molar-refractivity contribution in [3.63, 3.8) is 0 Å². The standard InChI is InChI=1S/C20H32N4O2S/c1-3-26-19(25)16-8-12-24(13-9-16)20(21-2)22-15-17(18-7-6-14-27-18)23-10-4-5-11-23/h6-7,14,16-17H,3-5,8-13,15H2,1-2H3,(H,21,22). The first-order valence-corrected chi connectivity index (χ1v) is 11.0. The fourth-order valence-electron chi connectivity index (χ4n) is 4.05. The molecule has 0 radical (unpaired) electrons. The topological polar surface area (TPSA) is 57.2 Å². The van der Waals surface area contributed by atoms with Crippen molar-refractivity contribution in [1.29, 1.82) is 0 Å². The first kappa shape index (κ1) is 20.1.